The van der Waals surface area contributed by atoms with Gasteiger partial charge >= 0.3 is 35.5 Å². The van der Waals surface area contributed by atoms with Crippen LogP contribution >= 0.6 is 0 Å². The number of hydrogen-bond donors (Lipinski definition) is 0. The first-order valence-electron chi connectivity index (χ1n) is 4.17. The number of carbonyl (C=O) groups excluding carboxylic acids is 1. The summed E-state index contributed by atoms with van der Waals surface area (Å²) < 4.78 is 31.1. The van der Waals surface area contributed by atoms with Crippen LogP contribution in [-0.2, 0) is 23.8 Å². The molecule has 7 heteroatoms. The number of hydrogen-bond acceptors (Lipinski definition) is 5. The van der Waals surface area contributed by atoms with Crippen LogP contribution in [0, 0.1) is 0 Å². The zero-order valence-corrected chi connectivity index (χ0v) is 9.26. The van der Waals surface area contributed by atoms with Gasteiger partial charge < -0.3 is 4.74 Å². The predicted molar refractivity (Wildman–Crippen MR) is 58.1 cm³/mol. The van der Waals surface area contributed by atoms with Gasteiger partial charge in [0.2, 0.25) is 0 Å². The van der Waals surface area contributed by atoms with Crippen molar-refractivity contribution in [1.82, 2.24) is 0 Å². The Labute approximate surface area is 112 Å². The van der Waals surface area contributed by atoms with Crippen LogP contribution in [0.2, 0.25) is 0 Å². The Hall–Kier alpha value is 0.120. The summed E-state index contributed by atoms with van der Waals surface area (Å²) in [5.74, 6) is -0.657. The average molecular weight is 246 g/mol. The van der Waals surface area contributed by atoms with E-state index in [1.807, 2.05) is 0 Å². The summed E-state index contributed by atoms with van der Waals surface area (Å²) in [6.45, 7) is 4.79. The SMILES string of the molecule is CCOC(=O)C(C)=CS(=O)(=O)OCC.[NaH]. The minimum atomic E-state index is -3.76. The molecule has 0 aliphatic rings. The van der Waals surface area contributed by atoms with Crippen LogP contribution in [-0.4, -0.2) is 57.2 Å². The third-order valence-corrected chi connectivity index (χ3v) is 2.41. The molecule has 0 unspecified atom stereocenters. The second-order valence-corrected chi connectivity index (χ2v) is 3.88. The molecule has 5 nitrogen and oxygen atoms in total. The minimum absolute atomic E-state index is 0. The predicted octanol–water partition coefficient (Wildman–Crippen LogP) is 0.171. The van der Waals surface area contributed by atoms with Crippen molar-refractivity contribution in [3.05, 3.63) is 11.0 Å². The van der Waals surface area contributed by atoms with E-state index in [4.69, 9.17) is 0 Å². The molecule has 0 aromatic heterocycles. The summed E-state index contributed by atoms with van der Waals surface area (Å²) in [6, 6.07) is 0. The summed E-state index contributed by atoms with van der Waals surface area (Å²) >= 11 is 0. The van der Waals surface area contributed by atoms with E-state index in [0.29, 0.717) is 0 Å². The maximum absolute atomic E-state index is 11.0. The zero-order valence-electron chi connectivity index (χ0n) is 8.44. The average Bonchev–Trinajstić information content (AvgIpc) is 2.03. The van der Waals surface area contributed by atoms with Gasteiger partial charge in [-0.05, 0) is 20.8 Å². The molecular formula is C8H15NaO5S. The van der Waals surface area contributed by atoms with Gasteiger partial charge in [-0.2, -0.15) is 8.42 Å². The molecule has 0 aliphatic carbocycles. The molecule has 0 atom stereocenters. The molecular weight excluding hydrogens is 231 g/mol. The van der Waals surface area contributed by atoms with Crippen molar-refractivity contribution < 1.29 is 22.1 Å². The summed E-state index contributed by atoms with van der Waals surface area (Å²) in [5.41, 5.74) is 0.000278. The van der Waals surface area contributed by atoms with Crippen LogP contribution in [0.5, 0.6) is 0 Å². The Kier molecular flexibility index (Phi) is 9.68. The van der Waals surface area contributed by atoms with E-state index in [0.717, 1.165) is 5.41 Å². The third kappa shape index (κ3) is 7.98. The normalized spacial score (nSPS) is 11.8. The first-order valence-corrected chi connectivity index (χ1v) is 5.65. The number of esters is 1. The van der Waals surface area contributed by atoms with Gasteiger partial charge in [0.05, 0.1) is 18.6 Å². The molecule has 0 bridgehead atoms. The van der Waals surface area contributed by atoms with Gasteiger partial charge in [-0.3, -0.25) is 4.18 Å². The van der Waals surface area contributed by atoms with Crippen LogP contribution < -0.4 is 0 Å². The Morgan fingerprint density at radius 3 is 2.20 bits per heavy atom. The van der Waals surface area contributed by atoms with Crippen molar-refractivity contribution in [2.24, 2.45) is 0 Å². The second-order valence-electron chi connectivity index (χ2n) is 2.42. The Morgan fingerprint density at radius 2 is 1.80 bits per heavy atom. The molecule has 0 spiro atoms. The Bertz CT molecular complexity index is 320. The summed E-state index contributed by atoms with van der Waals surface area (Å²) in [4.78, 5) is 11.0. The van der Waals surface area contributed by atoms with E-state index in [1.165, 1.54) is 6.92 Å². The van der Waals surface area contributed by atoms with Gasteiger partial charge in [-0.15, -0.1) is 0 Å². The second kappa shape index (κ2) is 8.29. The Balaban J connectivity index is 0. The van der Waals surface area contributed by atoms with E-state index in [-0.39, 0.29) is 48.3 Å². The molecule has 0 fully saturated rings. The van der Waals surface area contributed by atoms with E-state index < -0.39 is 16.1 Å². The van der Waals surface area contributed by atoms with Crippen LogP contribution in [0.4, 0.5) is 0 Å². The van der Waals surface area contributed by atoms with E-state index in [2.05, 4.69) is 8.92 Å². The summed E-state index contributed by atoms with van der Waals surface area (Å²) in [6.07, 6.45) is 0. The van der Waals surface area contributed by atoms with Gasteiger partial charge in [0.15, 0.2) is 0 Å². The first-order chi connectivity index (χ1) is 6.43. The first kappa shape index (κ1) is 17.5. The van der Waals surface area contributed by atoms with Crippen molar-refractivity contribution in [2.45, 2.75) is 20.8 Å². The van der Waals surface area contributed by atoms with Gasteiger partial charge in [0.25, 0.3) is 10.1 Å². The number of ether oxygens (including phenoxy) is 1. The topological polar surface area (TPSA) is 69.7 Å². The van der Waals surface area contributed by atoms with Crippen molar-refractivity contribution >= 4 is 45.6 Å². The third-order valence-electron chi connectivity index (χ3n) is 1.20. The Morgan fingerprint density at radius 1 is 1.27 bits per heavy atom. The summed E-state index contributed by atoms with van der Waals surface area (Å²) in [5, 5.41) is 0.758. The molecule has 0 heterocycles. The molecule has 84 valence electrons. The van der Waals surface area contributed by atoms with E-state index in [9.17, 15) is 13.2 Å². The van der Waals surface area contributed by atoms with Crippen LogP contribution in [0.25, 0.3) is 0 Å². The monoisotopic (exact) mass is 246 g/mol. The molecule has 0 N–H and O–H groups in total. The van der Waals surface area contributed by atoms with Crippen LogP contribution in [0.1, 0.15) is 20.8 Å². The van der Waals surface area contributed by atoms with Gasteiger partial charge in [-0.25, -0.2) is 4.79 Å². The fourth-order valence-electron chi connectivity index (χ4n) is 0.708. The van der Waals surface area contributed by atoms with Gasteiger partial charge in [-0.1, -0.05) is 0 Å². The fraction of sp³-hybridized carbons (Fsp3) is 0.625. The molecule has 0 radical (unpaired) electrons. The van der Waals surface area contributed by atoms with Crippen LogP contribution in [0.15, 0.2) is 11.0 Å². The molecule has 0 amide bonds. The molecule has 0 saturated heterocycles. The molecule has 0 aliphatic heterocycles. The van der Waals surface area contributed by atoms with Crippen molar-refractivity contribution in [3.63, 3.8) is 0 Å². The number of carbonyl (C=O) groups is 1. The quantitative estimate of drug-likeness (QED) is 0.299. The summed E-state index contributed by atoms with van der Waals surface area (Å²) in [7, 11) is -3.76. The van der Waals surface area contributed by atoms with E-state index >= 15 is 0 Å². The molecule has 0 aromatic rings. The van der Waals surface area contributed by atoms with Crippen LogP contribution in [0.3, 0.4) is 0 Å². The fourth-order valence-corrected chi connectivity index (χ4v) is 1.63. The molecule has 0 saturated carbocycles. The van der Waals surface area contributed by atoms with Crippen molar-refractivity contribution in [2.75, 3.05) is 13.2 Å². The standard InChI is InChI=1S/C8H14O5S.Na.H/c1-4-12-8(9)7(3)6-14(10,11)13-5-2;;/h6H,4-5H2,1-3H3;;. The zero-order chi connectivity index (χ0) is 11.2. The van der Waals surface area contributed by atoms with Gasteiger partial charge in [0.1, 0.15) is 0 Å². The molecule has 0 rings (SSSR count). The van der Waals surface area contributed by atoms with E-state index in [1.54, 1.807) is 13.8 Å². The molecule has 15 heavy (non-hydrogen) atoms. The van der Waals surface area contributed by atoms with Crippen molar-refractivity contribution in [1.29, 1.82) is 0 Å². The van der Waals surface area contributed by atoms with Gasteiger partial charge in [0, 0.05) is 5.57 Å². The number of rotatable bonds is 5. The maximum atomic E-state index is 11.0. The molecule has 0 aromatic carbocycles. The van der Waals surface area contributed by atoms with Crippen molar-refractivity contribution in [3.8, 4) is 0 Å².